The minimum Gasteiger partial charge on any atom is -0.491 e. The Bertz CT molecular complexity index is 267. The summed E-state index contributed by atoms with van der Waals surface area (Å²) in [7, 11) is 1.65. The van der Waals surface area contributed by atoms with Gasteiger partial charge in [0.25, 0.3) is 0 Å². The quantitative estimate of drug-likeness (QED) is 0.725. The highest BCUT2D eigenvalue weighted by Crippen LogP contribution is 2.13. The zero-order valence-electron chi connectivity index (χ0n) is 9.27. The lowest BCUT2D eigenvalue weighted by atomic mass is 10.1. The van der Waals surface area contributed by atoms with Gasteiger partial charge in [-0.05, 0) is 31.0 Å². The van der Waals surface area contributed by atoms with Gasteiger partial charge in [0.15, 0.2) is 0 Å². The van der Waals surface area contributed by atoms with Crippen LogP contribution in [0, 0.1) is 0 Å². The fourth-order valence-electron chi connectivity index (χ4n) is 1.31. The number of aliphatic hydroxyl groups is 1. The standard InChI is InChI=1S/C12H18O3/c1-10(13)9-11-3-5-12(6-4-11)15-8-7-14-2/h3-6,10,13H,7-9H2,1-2H3. The number of methoxy groups -OCH3 is 1. The molecule has 1 aromatic rings. The van der Waals surface area contributed by atoms with Gasteiger partial charge in [-0.1, -0.05) is 12.1 Å². The second-order valence-corrected chi connectivity index (χ2v) is 3.54. The SMILES string of the molecule is COCCOc1ccc(CC(C)O)cc1. The largest absolute Gasteiger partial charge is 0.491 e. The predicted molar refractivity (Wildman–Crippen MR) is 59.2 cm³/mol. The predicted octanol–water partition coefficient (Wildman–Crippen LogP) is 1.64. The molecule has 0 heterocycles. The summed E-state index contributed by atoms with van der Waals surface area (Å²) in [4.78, 5) is 0. The zero-order chi connectivity index (χ0) is 11.1. The van der Waals surface area contributed by atoms with Crippen molar-refractivity contribution in [2.45, 2.75) is 19.4 Å². The van der Waals surface area contributed by atoms with E-state index >= 15 is 0 Å². The Balaban J connectivity index is 2.42. The summed E-state index contributed by atoms with van der Waals surface area (Å²) in [5.74, 6) is 0.835. The first-order valence-corrected chi connectivity index (χ1v) is 5.11. The van der Waals surface area contributed by atoms with Crippen LogP contribution < -0.4 is 4.74 Å². The summed E-state index contributed by atoms with van der Waals surface area (Å²) < 4.78 is 10.3. The van der Waals surface area contributed by atoms with E-state index < -0.39 is 0 Å². The number of hydrogen-bond donors (Lipinski definition) is 1. The fraction of sp³-hybridized carbons (Fsp3) is 0.500. The molecule has 0 saturated heterocycles. The second kappa shape index (κ2) is 6.43. The van der Waals surface area contributed by atoms with Gasteiger partial charge in [0, 0.05) is 7.11 Å². The Labute approximate surface area is 90.6 Å². The molecular weight excluding hydrogens is 192 g/mol. The van der Waals surface area contributed by atoms with Gasteiger partial charge in [-0.15, -0.1) is 0 Å². The molecule has 3 nitrogen and oxygen atoms in total. The van der Waals surface area contributed by atoms with Crippen molar-refractivity contribution in [3.63, 3.8) is 0 Å². The number of rotatable bonds is 6. The van der Waals surface area contributed by atoms with E-state index in [9.17, 15) is 5.11 Å². The van der Waals surface area contributed by atoms with Crippen LogP contribution in [0.15, 0.2) is 24.3 Å². The van der Waals surface area contributed by atoms with Gasteiger partial charge in [-0.3, -0.25) is 0 Å². The molecule has 84 valence electrons. The average Bonchev–Trinajstić information content (AvgIpc) is 2.20. The smallest absolute Gasteiger partial charge is 0.119 e. The van der Waals surface area contributed by atoms with Crippen LogP contribution in [0.1, 0.15) is 12.5 Å². The van der Waals surface area contributed by atoms with Crippen LogP contribution in [0.25, 0.3) is 0 Å². The highest BCUT2D eigenvalue weighted by molar-refractivity contribution is 5.27. The minimum atomic E-state index is -0.301. The maximum Gasteiger partial charge on any atom is 0.119 e. The molecular formula is C12H18O3. The average molecular weight is 210 g/mol. The minimum absolute atomic E-state index is 0.301. The Hall–Kier alpha value is -1.06. The maximum absolute atomic E-state index is 9.20. The van der Waals surface area contributed by atoms with Gasteiger partial charge in [0.05, 0.1) is 12.7 Å². The van der Waals surface area contributed by atoms with Crippen LogP contribution in [0.5, 0.6) is 5.75 Å². The lowest BCUT2D eigenvalue weighted by molar-refractivity contribution is 0.146. The normalized spacial score (nSPS) is 12.5. The molecule has 0 aliphatic heterocycles. The summed E-state index contributed by atoms with van der Waals surface area (Å²) in [6.45, 7) is 2.94. The molecule has 1 aromatic carbocycles. The zero-order valence-corrected chi connectivity index (χ0v) is 9.27. The van der Waals surface area contributed by atoms with Gasteiger partial charge >= 0.3 is 0 Å². The molecule has 1 N–H and O–H groups in total. The third-order valence-electron chi connectivity index (χ3n) is 2.01. The fourth-order valence-corrected chi connectivity index (χ4v) is 1.31. The molecule has 0 radical (unpaired) electrons. The van der Waals surface area contributed by atoms with Crippen LogP contribution in [0.3, 0.4) is 0 Å². The van der Waals surface area contributed by atoms with Crippen molar-refractivity contribution in [2.24, 2.45) is 0 Å². The van der Waals surface area contributed by atoms with Gasteiger partial charge in [-0.2, -0.15) is 0 Å². The number of hydrogen-bond acceptors (Lipinski definition) is 3. The van der Waals surface area contributed by atoms with Gasteiger partial charge in [0.2, 0.25) is 0 Å². The Morgan fingerprint density at radius 1 is 1.20 bits per heavy atom. The summed E-state index contributed by atoms with van der Waals surface area (Å²) in [6, 6.07) is 7.75. The molecule has 0 saturated carbocycles. The van der Waals surface area contributed by atoms with Crippen LogP contribution >= 0.6 is 0 Å². The van der Waals surface area contributed by atoms with Gasteiger partial charge in [0.1, 0.15) is 12.4 Å². The number of aliphatic hydroxyl groups excluding tert-OH is 1. The lowest BCUT2D eigenvalue weighted by Crippen LogP contribution is -2.05. The molecule has 3 heteroatoms. The molecule has 0 bridgehead atoms. The molecule has 0 amide bonds. The van der Waals surface area contributed by atoms with Crippen molar-refractivity contribution in [1.82, 2.24) is 0 Å². The maximum atomic E-state index is 9.20. The first-order chi connectivity index (χ1) is 7.22. The number of ether oxygens (including phenoxy) is 2. The Morgan fingerprint density at radius 3 is 2.40 bits per heavy atom. The van der Waals surface area contributed by atoms with E-state index in [2.05, 4.69) is 0 Å². The molecule has 0 spiro atoms. The summed E-state index contributed by atoms with van der Waals surface area (Å²) >= 11 is 0. The molecule has 0 aliphatic rings. The van der Waals surface area contributed by atoms with Crippen molar-refractivity contribution in [1.29, 1.82) is 0 Å². The third kappa shape index (κ3) is 4.81. The highest BCUT2D eigenvalue weighted by Gasteiger charge is 1.99. The van der Waals surface area contributed by atoms with Crippen molar-refractivity contribution < 1.29 is 14.6 Å². The molecule has 1 rings (SSSR count). The van der Waals surface area contributed by atoms with E-state index in [1.165, 1.54) is 0 Å². The molecule has 1 unspecified atom stereocenters. The first-order valence-electron chi connectivity index (χ1n) is 5.11. The molecule has 0 fully saturated rings. The molecule has 15 heavy (non-hydrogen) atoms. The second-order valence-electron chi connectivity index (χ2n) is 3.54. The number of benzene rings is 1. The van der Waals surface area contributed by atoms with Crippen molar-refractivity contribution >= 4 is 0 Å². The Morgan fingerprint density at radius 2 is 1.87 bits per heavy atom. The summed E-state index contributed by atoms with van der Waals surface area (Å²) in [5, 5.41) is 9.20. The van der Waals surface area contributed by atoms with Crippen molar-refractivity contribution in [2.75, 3.05) is 20.3 Å². The van der Waals surface area contributed by atoms with E-state index in [-0.39, 0.29) is 6.10 Å². The molecule has 0 aliphatic carbocycles. The van der Waals surface area contributed by atoms with Crippen LogP contribution in [-0.4, -0.2) is 31.5 Å². The van der Waals surface area contributed by atoms with Gasteiger partial charge < -0.3 is 14.6 Å². The van der Waals surface area contributed by atoms with E-state index in [0.717, 1.165) is 11.3 Å². The topological polar surface area (TPSA) is 38.7 Å². The van der Waals surface area contributed by atoms with Crippen LogP contribution in [0.4, 0.5) is 0 Å². The van der Waals surface area contributed by atoms with Crippen LogP contribution in [-0.2, 0) is 11.2 Å². The monoisotopic (exact) mass is 210 g/mol. The van der Waals surface area contributed by atoms with E-state index in [0.29, 0.717) is 19.6 Å². The summed E-state index contributed by atoms with van der Waals surface area (Å²) in [6.07, 6.45) is 0.378. The van der Waals surface area contributed by atoms with Crippen LogP contribution in [0.2, 0.25) is 0 Å². The van der Waals surface area contributed by atoms with Crippen molar-refractivity contribution in [3.8, 4) is 5.75 Å². The van der Waals surface area contributed by atoms with E-state index in [1.54, 1.807) is 14.0 Å². The third-order valence-corrected chi connectivity index (χ3v) is 2.01. The highest BCUT2D eigenvalue weighted by atomic mass is 16.5. The van der Waals surface area contributed by atoms with E-state index in [4.69, 9.17) is 9.47 Å². The molecule has 0 aromatic heterocycles. The van der Waals surface area contributed by atoms with E-state index in [1.807, 2.05) is 24.3 Å². The van der Waals surface area contributed by atoms with Gasteiger partial charge in [-0.25, -0.2) is 0 Å². The van der Waals surface area contributed by atoms with Crippen molar-refractivity contribution in [3.05, 3.63) is 29.8 Å². The lowest BCUT2D eigenvalue weighted by Gasteiger charge is -2.07. The molecule has 1 atom stereocenters. The Kier molecular flexibility index (Phi) is 5.15. The first kappa shape index (κ1) is 12.0. The summed E-state index contributed by atoms with van der Waals surface area (Å²) in [5.41, 5.74) is 1.11.